The lowest BCUT2D eigenvalue weighted by molar-refractivity contribution is -0.135. The Labute approximate surface area is 217 Å². The number of carbonyl (C=O) groups excluding carboxylic acids is 2. The van der Waals surface area contributed by atoms with Crippen LogP contribution in [0.1, 0.15) is 50.3 Å². The van der Waals surface area contributed by atoms with Crippen LogP contribution in [0.15, 0.2) is 36.4 Å². The van der Waals surface area contributed by atoms with Crippen LogP contribution in [0.2, 0.25) is 10.0 Å². The summed E-state index contributed by atoms with van der Waals surface area (Å²) in [6, 6.07) is 12.2. The Morgan fingerprint density at radius 1 is 1.00 bits per heavy atom. The van der Waals surface area contributed by atoms with Crippen LogP contribution in [-0.4, -0.2) is 48.9 Å². The van der Waals surface area contributed by atoms with Gasteiger partial charge in [-0.25, -0.2) is 0 Å². The second-order valence-corrected chi connectivity index (χ2v) is 10.6. The van der Waals surface area contributed by atoms with Crippen molar-refractivity contribution in [1.82, 2.24) is 10.2 Å². The van der Waals surface area contributed by atoms with E-state index in [-0.39, 0.29) is 29.8 Å². The van der Waals surface area contributed by atoms with E-state index in [0.717, 1.165) is 66.4 Å². The maximum Gasteiger partial charge on any atom is 0.225 e. The molecule has 2 aliphatic rings. The molecule has 2 heterocycles. The summed E-state index contributed by atoms with van der Waals surface area (Å²) in [4.78, 5) is 28.6. The van der Waals surface area contributed by atoms with E-state index in [0.29, 0.717) is 11.6 Å². The van der Waals surface area contributed by atoms with Gasteiger partial charge in [-0.2, -0.15) is 0 Å². The lowest BCUT2D eigenvalue weighted by atomic mass is 9.95. The minimum absolute atomic E-state index is 0.000914. The van der Waals surface area contributed by atoms with Gasteiger partial charge in [0.2, 0.25) is 11.8 Å². The first-order valence-electron chi connectivity index (χ1n) is 12.3. The van der Waals surface area contributed by atoms with Crippen molar-refractivity contribution < 1.29 is 9.59 Å². The van der Waals surface area contributed by atoms with Crippen molar-refractivity contribution in [2.45, 2.75) is 52.1 Å². The third-order valence-corrected chi connectivity index (χ3v) is 7.72. The van der Waals surface area contributed by atoms with Gasteiger partial charge in [-0.15, -0.1) is 0 Å². The van der Waals surface area contributed by atoms with Crippen molar-refractivity contribution in [2.75, 3.05) is 36.4 Å². The van der Waals surface area contributed by atoms with Crippen molar-refractivity contribution in [3.05, 3.63) is 57.6 Å². The normalized spacial score (nSPS) is 19.5. The number of nitrogens with zero attached hydrogens (tertiary/aromatic N) is 2. The number of hydrogen-bond acceptors (Lipinski definition) is 4. The molecule has 0 aliphatic carbocycles. The molecule has 8 heteroatoms. The van der Waals surface area contributed by atoms with E-state index < -0.39 is 0 Å². The first kappa shape index (κ1) is 25.6. The van der Waals surface area contributed by atoms with Crippen molar-refractivity contribution >= 4 is 46.4 Å². The number of hydrogen-bond donors (Lipinski definition) is 2. The number of likely N-dealkylation sites (tertiary alicyclic amines) is 1. The number of nitrogens with one attached hydrogen (secondary N) is 2. The van der Waals surface area contributed by atoms with Crippen LogP contribution in [0, 0.1) is 12.8 Å². The van der Waals surface area contributed by atoms with E-state index >= 15 is 0 Å². The Hall–Kier alpha value is -2.44. The molecule has 0 aromatic heterocycles. The summed E-state index contributed by atoms with van der Waals surface area (Å²) in [5, 5.41) is 7.85. The van der Waals surface area contributed by atoms with Crippen molar-refractivity contribution in [2.24, 2.45) is 5.92 Å². The first-order chi connectivity index (χ1) is 16.7. The minimum Gasteiger partial charge on any atom is -0.377 e. The van der Waals surface area contributed by atoms with Gasteiger partial charge in [0.15, 0.2) is 0 Å². The summed E-state index contributed by atoms with van der Waals surface area (Å²) in [7, 11) is 0. The highest BCUT2D eigenvalue weighted by molar-refractivity contribution is 6.33. The first-order valence-corrected chi connectivity index (χ1v) is 13.1. The molecule has 0 spiro atoms. The number of halogens is 2. The van der Waals surface area contributed by atoms with E-state index in [1.807, 2.05) is 36.1 Å². The van der Waals surface area contributed by atoms with Crippen molar-refractivity contribution in [1.29, 1.82) is 0 Å². The second-order valence-electron chi connectivity index (χ2n) is 9.79. The Morgan fingerprint density at radius 2 is 1.74 bits per heavy atom. The largest absolute Gasteiger partial charge is 0.377 e. The molecule has 2 N–H and O–H groups in total. The Balaban J connectivity index is 1.36. The summed E-state index contributed by atoms with van der Waals surface area (Å²) in [5.74, 6) is 0.224. The zero-order chi connectivity index (χ0) is 25.1. The quantitative estimate of drug-likeness (QED) is 0.537. The lowest BCUT2D eigenvalue weighted by Gasteiger charge is -2.35. The predicted octanol–water partition coefficient (Wildman–Crippen LogP) is 5.43. The Morgan fingerprint density at radius 3 is 2.43 bits per heavy atom. The van der Waals surface area contributed by atoms with Gasteiger partial charge in [0.25, 0.3) is 0 Å². The molecular weight excluding hydrogens is 483 g/mol. The molecule has 2 aromatic rings. The van der Waals surface area contributed by atoms with Crippen LogP contribution >= 0.6 is 23.2 Å². The predicted molar refractivity (Wildman–Crippen MR) is 143 cm³/mol. The summed E-state index contributed by atoms with van der Waals surface area (Å²) in [5.41, 5.74) is 4.12. The molecule has 188 valence electrons. The molecule has 0 saturated carbocycles. The third kappa shape index (κ3) is 6.22. The van der Waals surface area contributed by atoms with Gasteiger partial charge in [-0.1, -0.05) is 35.3 Å². The van der Waals surface area contributed by atoms with Crippen LogP contribution in [0.25, 0.3) is 0 Å². The molecule has 2 fully saturated rings. The lowest BCUT2D eigenvalue weighted by Crippen LogP contribution is -2.43. The fourth-order valence-corrected chi connectivity index (χ4v) is 5.69. The molecule has 0 unspecified atom stereocenters. The van der Waals surface area contributed by atoms with Gasteiger partial charge in [0.05, 0.1) is 16.8 Å². The van der Waals surface area contributed by atoms with Crippen LogP contribution in [0.5, 0.6) is 0 Å². The molecule has 2 atom stereocenters. The molecule has 4 rings (SSSR count). The third-order valence-electron chi connectivity index (χ3n) is 7.06. The molecule has 0 bridgehead atoms. The number of rotatable bonds is 6. The Bertz CT molecular complexity index is 1080. The highest BCUT2D eigenvalue weighted by Crippen LogP contribution is 2.34. The number of anilines is 2. The molecule has 0 radical (unpaired) electrons. The SMILES string of the molecule is CC(=O)N[C@H]1CCN(C(=O)C2CCN(c3ccc(Cl)c(N[C@H](C)c4ccc(C)cc4Cl)c3)CC2)C1. The monoisotopic (exact) mass is 516 g/mol. The fourth-order valence-electron chi connectivity index (χ4n) is 5.12. The molecule has 2 aliphatic heterocycles. The topological polar surface area (TPSA) is 64.7 Å². The molecule has 6 nitrogen and oxygen atoms in total. The highest BCUT2D eigenvalue weighted by Gasteiger charge is 2.33. The van der Waals surface area contributed by atoms with E-state index in [1.54, 1.807) is 0 Å². The smallest absolute Gasteiger partial charge is 0.225 e. The number of piperidine rings is 1. The number of aryl methyl sites for hydroxylation is 1. The average molecular weight is 518 g/mol. The standard InChI is InChI=1S/C27H34Cl2N4O2/c1-17-4-6-23(25(29)14-17)18(2)30-26-15-22(5-7-24(26)28)32-11-8-20(9-12-32)27(35)33-13-10-21(16-33)31-19(3)34/h4-7,14-15,18,20-21,30H,8-13,16H2,1-3H3,(H,31,34)/t18-,21+/m1/s1. The maximum atomic E-state index is 13.0. The highest BCUT2D eigenvalue weighted by atomic mass is 35.5. The zero-order valence-corrected chi connectivity index (χ0v) is 22.1. The van der Waals surface area contributed by atoms with E-state index in [9.17, 15) is 9.59 Å². The summed E-state index contributed by atoms with van der Waals surface area (Å²) in [6.07, 6.45) is 2.47. The summed E-state index contributed by atoms with van der Waals surface area (Å²) in [6.45, 7) is 8.60. The van der Waals surface area contributed by atoms with Crippen LogP contribution in [0.4, 0.5) is 11.4 Å². The second kappa shape index (κ2) is 11.1. The minimum atomic E-state index is -0.0363. The average Bonchev–Trinajstić information content (AvgIpc) is 3.28. The van der Waals surface area contributed by atoms with E-state index in [2.05, 4.69) is 34.6 Å². The van der Waals surface area contributed by atoms with E-state index in [1.165, 1.54) is 6.92 Å². The number of carbonyl (C=O) groups is 2. The van der Waals surface area contributed by atoms with Gasteiger partial charge >= 0.3 is 0 Å². The van der Waals surface area contributed by atoms with Crippen molar-refractivity contribution in [3.8, 4) is 0 Å². The van der Waals surface area contributed by atoms with Gasteiger partial charge in [-0.05, 0) is 68.5 Å². The van der Waals surface area contributed by atoms with Crippen LogP contribution < -0.4 is 15.5 Å². The molecule has 2 aromatic carbocycles. The molecule has 35 heavy (non-hydrogen) atoms. The zero-order valence-electron chi connectivity index (χ0n) is 20.6. The van der Waals surface area contributed by atoms with Crippen molar-refractivity contribution in [3.63, 3.8) is 0 Å². The van der Waals surface area contributed by atoms with Gasteiger partial charge in [-0.3, -0.25) is 9.59 Å². The molecule has 2 saturated heterocycles. The van der Waals surface area contributed by atoms with Crippen LogP contribution in [-0.2, 0) is 9.59 Å². The Kier molecular flexibility index (Phi) is 8.12. The van der Waals surface area contributed by atoms with Crippen LogP contribution in [0.3, 0.4) is 0 Å². The summed E-state index contributed by atoms with van der Waals surface area (Å²) >= 11 is 13.0. The molecular formula is C27H34Cl2N4O2. The number of amides is 2. The van der Waals surface area contributed by atoms with Gasteiger partial charge in [0.1, 0.15) is 0 Å². The van der Waals surface area contributed by atoms with Gasteiger partial charge in [0, 0.05) is 55.8 Å². The fraction of sp³-hybridized carbons (Fsp3) is 0.481. The van der Waals surface area contributed by atoms with E-state index in [4.69, 9.17) is 23.2 Å². The van der Waals surface area contributed by atoms with Gasteiger partial charge < -0.3 is 20.4 Å². The maximum absolute atomic E-state index is 13.0. The molecule has 2 amide bonds. The summed E-state index contributed by atoms with van der Waals surface area (Å²) < 4.78 is 0. The number of benzene rings is 2.